The molecule has 1 atom stereocenters. The predicted molar refractivity (Wildman–Crippen MR) is 79.6 cm³/mol. The molecule has 3 rings (SSSR count). The molecular formula is C17H17NO4. The van der Waals surface area contributed by atoms with Gasteiger partial charge in [-0.25, -0.2) is 4.79 Å². The van der Waals surface area contributed by atoms with E-state index in [9.17, 15) is 9.59 Å². The van der Waals surface area contributed by atoms with Gasteiger partial charge in [-0.1, -0.05) is 30.3 Å². The zero-order valence-corrected chi connectivity index (χ0v) is 12.1. The van der Waals surface area contributed by atoms with Crippen molar-refractivity contribution in [3.8, 4) is 0 Å². The van der Waals surface area contributed by atoms with E-state index in [2.05, 4.69) is 0 Å². The third kappa shape index (κ3) is 3.19. The van der Waals surface area contributed by atoms with Crippen molar-refractivity contribution in [2.45, 2.75) is 18.9 Å². The quantitative estimate of drug-likeness (QED) is 0.769. The number of benzene rings is 1. The van der Waals surface area contributed by atoms with Crippen LogP contribution in [-0.2, 0) is 11.2 Å². The highest BCUT2D eigenvalue weighted by atomic mass is 16.6. The number of cyclic esters (lactones) is 1. The third-order valence-corrected chi connectivity index (χ3v) is 3.81. The van der Waals surface area contributed by atoms with Gasteiger partial charge >= 0.3 is 6.09 Å². The summed E-state index contributed by atoms with van der Waals surface area (Å²) < 4.78 is 10.0. The fourth-order valence-electron chi connectivity index (χ4n) is 2.61. The maximum Gasteiger partial charge on any atom is 0.410 e. The highest BCUT2D eigenvalue weighted by Crippen LogP contribution is 2.18. The van der Waals surface area contributed by atoms with E-state index in [0.29, 0.717) is 18.7 Å². The second-order valence-corrected chi connectivity index (χ2v) is 5.30. The molecule has 1 aliphatic heterocycles. The number of hydrogen-bond donors (Lipinski definition) is 0. The van der Waals surface area contributed by atoms with E-state index in [-0.39, 0.29) is 24.3 Å². The molecule has 1 saturated heterocycles. The van der Waals surface area contributed by atoms with Crippen molar-refractivity contribution in [3.05, 3.63) is 60.1 Å². The fraction of sp³-hybridized carbons (Fsp3) is 0.294. The van der Waals surface area contributed by atoms with Crippen LogP contribution in [0.2, 0.25) is 0 Å². The van der Waals surface area contributed by atoms with E-state index in [0.717, 1.165) is 12.0 Å². The first-order valence-electron chi connectivity index (χ1n) is 7.27. The Labute approximate surface area is 128 Å². The number of carbonyl (C=O) groups excluding carboxylic acids is 2. The second kappa shape index (κ2) is 6.47. The Hall–Kier alpha value is -2.56. The van der Waals surface area contributed by atoms with Crippen molar-refractivity contribution in [1.82, 2.24) is 4.90 Å². The Bertz CT molecular complexity index is 636. The maximum atomic E-state index is 12.0. The van der Waals surface area contributed by atoms with Gasteiger partial charge in [-0.2, -0.15) is 0 Å². The molecule has 1 aromatic heterocycles. The monoisotopic (exact) mass is 299 g/mol. The minimum Gasteiger partial charge on any atom is -0.472 e. The molecule has 0 aliphatic carbocycles. The molecule has 0 radical (unpaired) electrons. The van der Waals surface area contributed by atoms with Crippen LogP contribution >= 0.6 is 0 Å². The molecule has 0 spiro atoms. The summed E-state index contributed by atoms with van der Waals surface area (Å²) in [6.45, 7) is 0.730. The molecule has 0 saturated carbocycles. The lowest BCUT2D eigenvalue weighted by atomic mass is 10.1. The first kappa shape index (κ1) is 14.4. The van der Waals surface area contributed by atoms with Crippen LogP contribution in [0.25, 0.3) is 0 Å². The molecule has 1 unspecified atom stereocenters. The summed E-state index contributed by atoms with van der Waals surface area (Å²) in [5.74, 6) is -0.0353. The summed E-state index contributed by atoms with van der Waals surface area (Å²) in [7, 11) is 0. The summed E-state index contributed by atoms with van der Waals surface area (Å²) in [5.41, 5.74) is 1.68. The molecule has 1 aromatic carbocycles. The lowest BCUT2D eigenvalue weighted by molar-refractivity contribution is 0.0966. The molecule has 2 aromatic rings. The lowest BCUT2D eigenvalue weighted by Crippen LogP contribution is -2.36. The minimum absolute atomic E-state index is 0.0213. The Kier molecular flexibility index (Phi) is 4.23. The normalized spacial score (nSPS) is 17.5. The number of rotatable bonds is 6. The summed E-state index contributed by atoms with van der Waals surface area (Å²) in [5, 5.41) is 0. The molecule has 2 heterocycles. The first-order valence-corrected chi connectivity index (χ1v) is 7.27. The van der Waals surface area contributed by atoms with Crippen molar-refractivity contribution in [2.75, 3.05) is 13.2 Å². The van der Waals surface area contributed by atoms with Gasteiger partial charge in [0.2, 0.25) is 0 Å². The number of ketones is 1. The average Bonchev–Trinajstić information content (AvgIpc) is 3.17. The van der Waals surface area contributed by atoms with Crippen LogP contribution in [0.4, 0.5) is 4.79 Å². The standard InChI is InChI=1S/C17H17NO4/c19-16(14-7-9-21-11-14)6-8-18-15(12-22-17(18)20)10-13-4-2-1-3-5-13/h1-5,7,9,11,15H,6,8,10,12H2. The van der Waals surface area contributed by atoms with Gasteiger partial charge in [0.25, 0.3) is 0 Å². The van der Waals surface area contributed by atoms with E-state index in [1.807, 2.05) is 30.3 Å². The van der Waals surface area contributed by atoms with Crippen LogP contribution in [-0.4, -0.2) is 36.0 Å². The Morgan fingerprint density at radius 2 is 2.05 bits per heavy atom. The van der Waals surface area contributed by atoms with Gasteiger partial charge in [0.05, 0.1) is 17.9 Å². The first-order chi connectivity index (χ1) is 10.7. The highest BCUT2D eigenvalue weighted by Gasteiger charge is 2.33. The SMILES string of the molecule is O=C(CCN1C(=O)OCC1Cc1ccccc1)c1ccoc1. The topological polar surface area (TPSA) is 59.8 Å². The molecule has 1 amide bonds. The fourth-order valence-corrected chi connectivity index (χ4v) is 2.61. The smallest absolute Gasteiger partial charge is 0.410 e. The van der Waals surface area contributed by atoms with Crippen LogP contribution in [0, 0.1) is 0 Å². The van der Waals surface area contributed by atoms with E-state index in [4.69, 9.17) is 9.15 Å². The van der Waals surface area contributed by atoms with Gasteiger partial charge in [-0.3, -0.25) is 4.79 Å². The van der Waals surface area contributed by atoms with Crippen LogP contribution in [0.5, 0.6) is 0 Å². The number of amides is 1. The predicted octanol–water partition coefficient (Wildman–Crippen LogP) is 2.92. The van der Waals surface area contributed by atoms with Gasteiger partial charge < -0.3 is 14.1 Å². The summed E-state index contributed by atoms with van der Waals surface area (Å²) >= 11 is 0. The maximum absolute atomic E-state index is 12.0. The molecule has 5 heteroatoms. The number of Topliss-reactive ketones (excluding diaryl/α,β-unsaturated/α-hetero) is 1. The van der Waals surface area contributed by atoms with Crippen LogP contribution in [0.3, 0.4) is 0 Å². The van der Waals surface area contributed by atoms with Gasteiger partial charge in [0.15, 0.2) is 5.78 Å². The lowest BCUT2D eigenvalue weighted by Gasteiger charge is -2.21. The number of ether oxygens (including phenoxy) is 1. The number of carbonyl (C=O) groups is 2. The van der Waals surface area contributed by atoms with Gasteiger partial charge in [0, 0.05) is 13.0 Å². The number of nitrogens with zero attached hydrogens (tertiary/aromatic N) is 1. The van der Waals surface area contributed by atoms with E-state index in [1.165, 1.54) is 12.5 Å². The third-order valence-electron chi connectivity index (χ3n) is 3.81. The van der Waals surface area contributed by atoms with Gasteiger partial charge in [-0.15, -0.1) is 0 Å². The molecule has 22 heavy (non-hydrogen) atoms. The van der Waals surface area contributed by atoms with Crippen molar-refractivity contribution in [2.24, 2.45) is 0 Å². The number of hydrogen-bond acceptors (Lipinski definition) is 4. The minimum atomic E-state index is -0.346. The highest BCUT2D eigenvalue weighted by molar-refractivity contribution is 5.95. The molecule has 1 aliphatic rings. The largest absolute Gasteiger partial charge is 0.472 e. The summed E-state index contributed by atoms with van der Waals surface area (Å²) in [4.78, 5) is 25.5. The Balaban J connectivity index is 1.60. The molecule has 5 nitrogen and oxygen atoms in total. The summed E-state index contributed by atoms with van der Waals surface area (Å²) in [6.07, 6.45) is 3.54. The van der Waals surface area contributed by atoms with E-state index in [1.54, 1.807) is 11.0 Å². The average molecular weight is 299 g/mol. The van der Waals surface area contributed by atoms with E-state index >= 15 is 0 Å². The van der Waals surface area contributed by atoms with Crippen molar-refractivity contribution >= 4 is 11.9 Å². The Morgan fingerprint density at radius 3 is 2.77 bits per heavy atom. The molecule has 1 fully saturated rings. The molecule has 0 N–H and O–H groups in total. The second-order valence-electron chi connectivity index (χ2n) is 5.30. The van der Waals surface area contributed by atoms with E-state index < -0.39 is 0 Å². The molecular weight excluding hydrogens is 282 g/mol. The summed E-state index contributed by atoms with van der Waals surface area (Å²) in [6, 6.07) is 11.6. The Morgan fingerprint density at radius 1 is 1.23 bits per heavy atom. The van der Waals surface area contributed by atoms with Gasteiger partial charge in [0.1, 0.15) is 12.9 Å². The molecule has 0 bridgehead atoms. The van der Waals surface area contributed by atoms with Crippen LogP contribution in [0.15, 0.2) is 53.3 Å². The zero-order chi connectivity index (χ0) is 15.4. The van der Waals surface area contributed by atoms with Crippen LogP contribution < -0.4 is 0 Å². The van der Waals surface area contributed by atoms with Gasteiger partial charge in [-0.05, 0) is 18.1 Å². The van der Waals surface area contributed by atoms with Crippen molar-refractivity contribution < 1.29 is 18.7 Å². The van der Waals surface area contributed by atoms with Crippen LogP contribution in [0.1, 0.15) is 22.3 Å². The molecule has 114 valence electrons. The zero-order valence-electron chi connectivity index (χ0n) is 12.1. The number of furan rings is 1. The van der Waals surface area contributed by atoms with Crippen molar-refractivity contribution in [1.29, 1.82) is 0 Å². The van der Waals surface area contributed by atoms with Crippen molar-refractivity contribution in [3.63, 3.8) is 0 Å².